The van der Waals surface area contributed by atoms with Crippen LogP contribution >= 0.6 is 0 Å². The Morgan fingerprint density at radius 1 is 1.53 bits per heavy atom. The summed E-state index contributed by atoms with van der Waals surface area (Å²) in [5, 5.41) is 8.91. The van der Waals surface area contributed by atoms with E-state index < -0.39 is 5.97 Å². The van der Waals surface area contributed by atoms with E-state index in [2.05, 4.69) is 4.98 Å². The predicted molar refractivity (Wildman–Crippen MR) is 63.4 cm³/mol. The number of aromatic nitrogens is 1. The lowest BCUT2D eigenvalue weighted by molar-refractivity contribution is 0.0696. The molecule has 0 unspecified atom stereocenters. The van der Waals surface area contributed by atoms with Gasteiger partial charge in [-0.25, -0.2) is 9.78 Å². The maximum atomic E-state index is 10.9. The average Bonchev–Trinajstić information content (AvgIpc) is 2.21. The molecular weight excluding hydrogens is 218 g/mol. The zero-order valence-corrected chi connectivity index (χ0v) is 9.98. The largest absolute Gasteiger partial charge is 0.478 e. The average molecular weight is 235 g/mol. The van der Waals surface area contributed by atoms with Crippen molar-refractivity contribution < 1.29 is 14.6 Å². The second-order valence-corrected chi connectivity index (χ2v) is 4.57. The van der Waals surface area contributed by atoms with Crippen molar-refractivity contribution in [1.29, 1.82) is 0 Å². The molecule has 0 bridgehead atoms. The molecule has 0 atom stereocenters. The summed E-state index contributed by atoms with van der Waals surface area (Å²) in [6, 6.07) is 3.03. The van der Waals surface area contributed by atoms with Gasteiger partial charge in [0.05, 0.1) is 12.2 Å². The van der Waals surface area contributed by atoms with E-state index in [0.29, 0.717) is 18.2 Å². The minimum absolute atomic E-state index is 0.233. The molecule has 1 heterocycles. The molecule has 0 radical (unpaired) electrons. The number of aromatic carboxylic acids is 1. The normalized spacial score (nSPS) is 15.4. The molecule has 2 rings (SSSR count). The van der Waals surface area contributed by atoms with Crippen LogP contribution < -0.4 is 4.74 Å². The molecular formula is C13H17NO3. The van der Waals surface area contributed by atoms with Crippen molar-refractivity contribution in [3.63, 3.8) is 0 Å². The van der Waals surface area contributed by atoms with Gasteiger partial charge in [0.25, 0.3) is 0 Å². The van der Waals surface area contributed by atoms with Crippen LogP contribution in [0.5, 0.6) is 5.88 Å². The second-order valence-electron chi connectivity index (χ2n) is 4.57. The third-order valence-corrected chi connectivity index (χ3v) is 3.18. The molecule has 0 amide bonds. The summed E-state index contributed by atoms with van der Waals surface area (Å²) in [6.45, 7) is 2.39. The fraction of sp³-hybridized carbons (Fsp3) is 0.538. The summed E-state index contributed by atoms with van der Waals surface area (Å²) < 4.78 is 5.51. The fourth-order valence-electron chi connectivity index (χ4n) is 1.95. The summed E-state index contributed by atoms with van der Waals surface area (Å²) in [5.74, 6) is 0.264. The van der Waals surface area contributed by atoms with Crippen LogP contribution in [0.15, 0.2) is 12.1 Å². The Hall–Kier alpha value is -1.58. The Bertz CT molecular complexity index is 413. The Morgan fingerprint density at radius 3 is 2.88 bits per heavy atom. The quantitative estimate of drug-likeness (QED) is 0.852. The number of hydrogen-bond donors (Lipinski definition) is 1. The summed E-state index contributed by atoms with van der Waals surface area (Å²) in [5.41, 5.74) is 0.902. The Labute approximate surface area is 101 Å². The highest BCUT2D eigenvalue weighted by Gasteiger charge is 2.17. The highest BCUT2D eigenvalue weighted by atomic mass is 16.5. The molecule has 0 aliphatic heterocycles. The number of nitrogens with zero attached hydrogens (tertiary/aromatic N) is 1. The van der Waals surface area contributed by atoms with Crippen molar-refractivity contribution in [2.24, 2.45) is 5.92 Å². The second kappa shape index (κ2) is 5.17. The first-order chi connectivity index (χ1) is 8.15. The predicted octanol–water partition coefficient (Wildman–Crippen LogP) is 2.66. The Morgan fingerprint density at radius 2 is 2.29 bits per heavy atom. The molecule has 17 heavy (non-hydrogen) atoms. The van der Waals surface area contributed by atoms with Gasteiger partial charge in [-0.1, -0.05) is 19.3 Å². The van der Waals surface area contributed by atoms with Crippen molar-refractivity contribution >= 4 is 5.97 Å². The van der Waals surface area contributed by atoms with E-state index in [1.54, 1.807) is 13.0 Å². The topological polar surface area (TPSA) is 59.4 Å². The van der Waals surface area contributed by atoms with Crippen molar-refractivity contribution in [3.05, 3.63) is 23.4 Å². The zero-order chi connectivity index (χ0) is 12.3. The highest BCUT2D eigenvalue weighted by Crippen LogP contribution is 2.29. The van der Waals surface area contributed by atoms with Crippen LogP contribution in [0.4, 0.5) is 0 Å². The minimum Gasteiger partial charge on any atom is -0.478 e. The molecule has 1 aliphatic rings. The van der Waals surface area contributed by atoms with Crippen molar-refractivity contribution in [2.75, 3.05) is 6.61 Å². The molecule has 4 nitrogen and oxygen atoms in total. The third kappa shape index (κ3) is 3.19. The molecule has 1 N–H and O–H groups in total. The first-order valence-electron chi connectivity index (χ1n) is 6.00. The Kier molecular flexibility index (Phi) is 3.61. The molecule has 4 heteroatoms. The van der Waals surface area contributed by atoms with Crippen LogP contribution in [0.2, 0.25) is 0 Å². The molecule has 1 saturated carbocycles. The molecule has 1 aromatic heterocycles. The van der Waals surface area contributed by atoms with Crippen LogP contribution in [-0.2, 0) is 0 Å². The molecule has 0 aromatic carbocycles. The molecule has 1 fully saturated rings. The van der Waals surface area contributed by atoms with Crippen molar-refractivity contribution in [1.82, 2.24) is 4.98 Å². The van der Waals surface area contributed by atoms with Gasteiger partial charge in [0.2, 0.25) is 5.88 Å². The van der Waals surface area contributed by atoms with E-state index in [0.717, 1.165) is 12.3 Å². The lowest BCUT2D eigenvalue weighted by atomic mass is 9.83. The van der Waals surface area contributed by atoms with Gasteiger partial charge in [-0.15, -0.1) is 0 Å². The van der Waals surface area contributed by atoms with E-state index in [-0.39, 0.29) is 5.56 Å². The number of ether oxygens (including phenoxy) is 1. The van der Waals surface area contributed by atoms with E-state index in [1.165, 1.54) is 25.3 Å². The molecule has 1 aromatic rings. The van der Waals surface area contributed by atoms with Gasteiger partial charge in [-0.05, 0) is 25.3 Å². The number of hydrogen-bond acceptors (Lipinski definition) is 3. The molecule has 0 spiro atoms. The minimum atomic E-state index is -0.945. The smallest absolute Gasteiger partial charge is 0.335 e. The van der Waals surface area contributed by atoms with E-state index in [9.17, 15) is 4.79 Å². The Balaban J connectivity index is 1.92. The summed E-state index contributed by atoms with van der Waals surface area (Å²) in [7, 11) is 0. The number of carboxylic acid groups (broad SMARTS) is 1. The monoisotopic (exact) mass is 235 g/mol. The lowest BCUT2D eigenvalue weighted by Gasteiger charge is -2.24. The van der Waals surface area contributed by atoms with Crippen LogP contribution in [0.1, 0.15) is 41.7 Å². The van der Waals surface area contributed by atoms with Crippen LogP contribution in [0, 0.1) is 12.8 Å². The first kappa shape index (κ1) is 11.9. The molecule has 1 aliphatic carbocycles. The number of aryl methyl sites for hydroxylation is 1. The SMILES string of the molecule is Cc1cc(C(=O)O)cc(OCCC2CCC2)n1. The van der Waals surface area contributed by atoms with Crippen LogP contribution in [-0.4, -0.2) is 22.7 Å². The number of pyridine rings is 1. The lowest BCUT2D eigenvalue weighted by Crippen LogP contribution is -2.15. The third-order valence-electron chi connectivity index (χ3n) is 3.18. The van der Waals surface area contributed by atoms with Gasteiger partial charge in [0, 0.05) is 11.8 Å². The van der Waals surface area contributed by atoms with Crippen LogP contribution in [0.25, 0.3) is 0 Å². The standard InChI is InChI=1S/C13H17NO3/c1-9-7-11(13(15)16)8-12(14-9)17-6-5-10-3-2-4-10/h7-8,10H,2-6H2,1H3,(H,15,16). The number of carbonyl (C=O) groups is 1. The van der Waals surface area contributed by atoms with Gasteiger partial charge in [-0.3, -0.25) is 0 Å². The van der Waals surface area contributed by atoms with Gasteiger partial charge in [0.15, 0.2) is 0 Å². The maximum absolute atomic E-state index is 10.9. The summed E-state index contributed by atoms with van der Waals surface area (Å²) in [4.78, 5) is 15.0. The van der Waals surface area contributed by atoms with Gasteiger partial charge in [-0.2, -0.15) is 0 Å². The van der Waals surface area contributed by atoms with Crippen molar-refractivity contribution in [2.45, 2.75) is 32.6 Å². The molecule has 0 saturated heterocycles. The summed E-state index contributed by atoms with van der Waals surface area (Å²) >= 11 is 0. The van der Waals surface area contributed by atoms with E-state index in [4.69, 9.17) is 9.84 Å². The van der Waals surface area contributed by atoms with Crippen molar-refractivity contribution in [3.8, 4) is 5.88 Å². The van der Waals surface area contributed by atoms with Gasteiger partial charge in [0.1, 0.15) is 0 Å². The van der Waals surface area contributed by atoms with Gasteiger partial charge >= 0.3 is 5.97 Å². The first-order valence-corrected chi connectivity index (χ1v) is 6.00. The maximum Gasteiger partial charge on any atom is 0.335 e. The highest BCUT2D eigenvalue weighted by molar-refractivity contribution is 5.87. The van der Waals surface area contributed by atoms with Crippen LogP contribution in [0.3, 0.4) is 0 Å². The zero-order valence-electron chi connectivity index (χ0n) is 9.98. The fourth-order valence-corrected chi connectivity index (χ4v) is 1.95. The van der Waals surface area contributed by atoms with E-state index in [1.807, 2.05) is 0 Å². The van der Waals surface area contributed by atoms with E-state index >= 15 is 0 Å². The number of carboxylic acids is 1. The summed E-state index contributed by atoms with van der Waals surface area (Å²) in [6.07, 6.45) is 4.96. The molecule has 92 valence electrons. The number of rotatable bonds is 5. The van der Waals surface area contributed by atoms with Gasteiger partial charge < -0.3 is 9.84 Å².